The van der Waals surface area contributed by atoms with E-state index >= 15 is 0 Å². The van der Waals surface area contributed by atoms with Gasteiger partial charge in [0.25, 0.3) is 0 Å². The van der Waals surface area contributed by atoms with Gasteiger partial charge in [0, 0.05) is 11.9 Å². The molecule has 0 aliphatic carbocycles. The van der Waals surface area contributed by atoms with Crippen molar-refractivity contribution >= 4 is 0 Å². The summed E-state index contributed by atoms with van der Waals surface area (Å²) in [5, 5.41) is 3.49. The van der Waals surface area contributed by atoms with Crippen molar-refractivity contribution in [3.05, 3.63) is 24.0 Å². The lowest BCUT2D eigenvalue weighted by Gasteiger charge is -2.34. The summed E-state index contributed by atoms with van der Waals surface area (Å²) in [5.74, 6) is 0.729. The van der Waals surface area contributed by atoms with Gasteiger partial charge in [0.2, 0.25) is 0 Å². The van der Waals surface area contributed by atoms with Crippen LogP contribution in [-0.4, -0.2) is 37.1 Å². The molecule has 15 heavy (non-hydrogen) atoms. The van der Waals surface area contributed by atoms with Crippen LogP contribution >= 0.6 is 0 Å². The van der Waals surface area contributed by atoms with Crippen molar-refractivity contribution in [1.29, 1.82) is 0 Å². The predicted octanol–water partition coefficient (Wildman–Crippen LogP) is 1.62. The zero-order chi connectivity index (χ0) is 10.7. The molecule has 1 aliphatic heterocycles. The quantitative estimate of drug-likeness (QED) is 0.789. The van der Waals surface area contributed by atoms with Gasteiger partial charge in [-0.05, 0) is 58.1 Å². The molecule has 0 aromatic carbocycles. The molecule has 2 N–H and O–H groups in total. The van der Waals surface area contributed by atoms with Gasteiger partial charge < -0.3 is 15.2 Å². The summed E-state index contributed by atoms with van der Waals surface area (Å²) in [5.41, 5.74) is 1.34. The smallest absolute Gasteiger partial charge is 0.0533 e. The van der Waals surface area contributed by atoms with Gasteiger partial charge in [-0.25, -0.2) is 0 Å². The molecule has 1 fully saturated rings. The van der Waals surface area contributed by atoms with Gasteiger partial charge in [-0.2, -0.15) is 0 Å². The maximum atomic E-state index is 3.49. The topological polar surface area (TPSA) is 31.1 Å². The van der Waals surface area contributed by atoms with Crippen LogP contribution in [0.3, 0.4) is 0 Å². The van der Waals surface area contributed by atoms with Crippen molar-refractivity contribution in [3.8, 4) is 0 Å². The molecule has 1 aliphatic rings. The number of rotatable bonds is 3. The van der Waals surface area contributed by atoms with Crippen LogP contribution < -0.4 is 5.32 Å². The summed E-state index contributed by atoms with van der Waals surface area (Å²) in [7, 11) is 4.33. The van der Waals surface area contributed by atoms with E-state index in [0.717, 1.165) is 12.5 Å². The minimum Gasteiger partial charge on any atom is -0.364 e. The Morgan fingerprint density at radius 2 is 2.33 bits per heavy atom. The molecule has 1 aromatic heterocycles. The maximum absolute atomic E-state index is 3.49. The van der Waals surface area contributed by atoms with E-state index < -0.39 is 0 Å². The van der Waals surface area contributed by atoms with Crippen LogP contribution in [0.1, 0.15) is 24.6 Å². The van der Waals surface area contributed by atoms with Gasteiger partial charge >= 0.3 is 0 Å². The van der Waals surface area contributed by atoms with Crippen LogP contribution in [0.4, 0.5) is 0 Å². The molecule has 1 saturated heterocycles. The number of aromatic amines is 1. The Kier molecular flexibility index (Phi) is 3.44. The SMILES string of the molecule is CN(C)C(c1ccc[nH]1)C1CCCNC1. The van der Waals surface area contributed by atoms with Crippen molar-refractivity contribution in [1.82, 2.24) is 15.2 Å². The Bertz CT molecular complexity index is 273. The number of piperidine rings is 1. The fourth-order valence-electron chi connectivity index (χ4n) is 2.63. The van der Waals surface area contributed by atoms with Crippen LogP contribution in [0.5, 0.6) is 0 Å². The Hall–Kier alpha value is -0.800. The minimum absolute atomic E-state index is 0.521. The third-order valence-electron chi connectivity index (χ3n) is 3.28. The lowest BCUT2D eigenvalue weighted by Crippen LogP contribution is -2.38. The second-order valence-corrected chi connectivity index (χ2v) is 4.64. The first-order chi connectivity index (χ1) is 7.29. The number of nitrogens with zero attached hydrogens (tertiary/aromatic N) is 1. The third kappa shape index (κ3) is 2.41. The lowest BCUT2D eigenvalue weighted by atomic mass is 9.89. The van der Waals surface area contributed by atoms with Crippen LogP contribution in [0.2, 0.25) is 0 Å². The minimum atomic E-state index is 0.521. The molecule has 2 atom stereocenters. The maximum Gasteiger partial charge on any atom is 0.0533 e. The molecule has 3 nitrogen and oxygen atoms in total. The molecule has 2 unspecified atom stereocenters. The van der Waals surface area contributed by atoms with E-state index in [-0.39, 0.29) is 0 Å². The normalized spacial score (nSPS) is 24.3. The highest BCUT2D eigenvalue weighted by atomic mass is 15.1. The summed E-state index contributed by atoms with van der Waals surface area (Å²) in [4.78, 5) is 5.67. The molecule has 2 rings (SSSR count). The number of nitrogens with one attached hydrogen (secondary N) is 2. The molecular formula is C12H21N3. The van der Waals surface area contributed by atoms with Crippen LogP contribution in [0, 0.1) is 5.92 Å². The molecule has 0 radical (unpaired) electrons. The molecule has 84 valence electrons. The van der Waals surface area contributed by atoms with Gasteiger partial charge in [-0.15, -0.1) is 0 Å². The zero-order valence-electron chi connectivity index (χ0n) is 9.66. The number of hydrogen-bond donors (Lipinski definition) is 2. The molecule has 0 saturated carbocycles. The van der Waals surface area contributed by atoms with Gasteiger partial charge in [-0.3, -0.25) is 0 Å². The molecule has 3 heteroatoms. The lowest BCUT2D eigenvalue weighted by molar-refractivity contribution is 0.178. The van der Waals surface area contributed by atoms with Gasteiger partial charge in [0.15, 0.2) is 0 Å². The van der Waals surface area contributed by atoms with E-state index in [1.165, 1.54) is 25.1 Å². The Morgan fingerprint density at radius 1 is 1.47 bits per heavy atom. The Balaban J connectivity index is 2.12. The van der Waals surface area contributed by atoms with Crippen LogP contribution in [0.15, 0.2) is 18.3 Å². The van der Waals surface area contributed by atoms with E-state index in [1.54, 1.807) is 0 Å². The predicted molar refractivity (Wildman–Crippen MR) is 62.8 cm³/mol. The van der Waals surface area contributed by atoms with Gasteiger partial charge in [-0.1, -0.05) is 0 Å². The highest BCUT2D eigenvalue weighted by molar-refractivity contribution is 5.11. The van der Waals surface area contributed by atoms with Crippen molar-refractivity contribution in [2.24, 2.45) is 5.92 Å². The summed E-state index contributed by atoms with van der Waals surface area (Å²) in [6.45, 7) is 2.32. The molecule has 1 aromatic rings. The van der Waals surface area contributed by atoms with Crippen molar-refractivity contribution < 1.29 is 0 Å². The van der Waals surface area contributed by atoms with Crippen molar-refractivity contribution in [2.75, 3.05) is 27.2 Å². The highest BCUT2D eigenvalue weighted by Crippen LogP contribution is 2.29. The second-order valence-electron chi connectivity index (χ2n) is 4.64. The number of H-pyrrole nitrogens is 1. The number of hydrogen-bond acceptors (Lipinski definition) is 2. The van der Waals surface area contributed by atoms with Gasteiger partial charge in [0.05, 0.1) is 6.04 Å². The first-order valence-electron chi connectivity index (χ1n) is 5.79. The summed E-state index contributed by atoms with van der Waals surface area (Å²) in [6, 6.07) is 4.80. The second kappa shape index (κ2) is 4.81. The standard InChI is InChI=1S/C12H21N3/c1-15(2)12(11-6-4-8-14-11)10-5-3-7-13-9-10/h4,6,8,10,12-14H,3,5,7,9H2,1-2H3. The Labute approximate surface area is 91.9 Å². The Morgan fingerprint density at radius 3 is 2.87 bits per heavy atom. The molecule has 0 spiro atoms. The molecular weight excluding hydrogens is 186 g/mol. The summed E-state index contributed by atoms with van der Waals surface area (Å²) in [6.07, 6.45) is 4.65. The van der Waals surface area contributed by atoms with Crippen molar-refractivity contribution in [3.63, 3.8) is 0 Å². The van der Waals surface area contributed by atoms with E-state index in [9.17, 15) is 0 Å². The van der Waals surface area contributed by atoms with Crippen molar-refractivity contribution in [2.45, 2.75) is 18.9 Å². The first-order valence-corrected chi connectivity index (χ1v) is 5.79. The summed E-state index contributed by atoms with van der Waals surface area (Å²) >= 11 is 0. The fourth-order valence-corrected chi connectivity index (χ4v) is 2.63. The van der Waals surface area contributed by atoms with E-state index in [2.05, 4.69) is 41.4 Å². The first kappa shape index (κ1) is 10.7. The fraction of sp³-hybridized carbons (Fsp3) is 0.667. The van der Waals surface area contributed by atoms with Crippen LogP contribution in [0.25, 0.3) is 0 Å². The van der Waals surface area contributed by atoms with E-state index in [0.29, 0.717) is 6.04 Å². The average molecular weight is 207 g/mol. The monoisotopic (exact) mass is 207 g/mol. The molecule has 0 amide bonds. The van der Waals surface area contributed by atoms with Crippen LogP contribution in [-0.2, 0) is 0 Å². The van der Waals surface area contributed by atoms with E-state index in [1.807, 2.05) is 6.20 Å². The third-order valence-corrected chi connectivity index (χ3v) is 3.28. The summed E-state index contributed by atoms with van der Waals surface area (Å²) < 4.78 is 0. The zero-order valence-corrected chi connectivity index (χ0v) is 9.66. The van der Waals surface area contributed by atoms with Gasteiger partial charge in [0.1, 0.15) is 0 Å². The van der Waals surface area contributed by atoms with E-state index in [4.69, 9.17) is 0 Å². The average Bonchev–Trinajstić information content (AvgIpc) is 2.72. The molecule has 0 bridgehead atoms. The highest BCUT2D eigenvalue weighted by Gasteiger charge is 2.26. The number of aromatic nitrogens is 1. The largest absolute Gasteiger partial charge is 0.364 e. The molecule has 2 heterocycles.